The maximum Gasteiger partial charge on any atom is 0.158 e. The van der Waals surface area contributed by atoms with Gasteiger partial charge in [-0.3, -0.25) is 0 Å². The molecule has 0 spiro atoms. The van der Waals surface area contributed by atoms with Gasteiger partial charge in [0.2, 0.25) is 0 Å². The van der Waals surface area contributed by atoms with Gasteiger partial charge in [0.25, 0.3) is 0 Å². The van der Waals surface area contributed by atoms with Gasteiger partial charge in [0.1, 0.15) is 17.6 Å². The average Bonchev–Trinajstić information content (AvgIpc) is 2.89. The van der Waals surface area contributed by atoms with Gasteiger partial charge in [-0.05, 0) is 17.4 Å². The number of anilines is 1. The first-order valence-corrected chi connectivity index (χ1v) is 7.68. The van der Waals surface area contributed by atoms with E-state index in [0.717, 1.165) is 5.82 Å². The van der Waals surface area contributed by atoms with Crippen LogP contribution in [0.15, 0.2) is 23.6 Å². The number of ether oxygens (including phenoxy) is 1. The van der Waals surface area contributed by atoms with E-state index in [1.807, 2.05) is 0 Å². The van der Waals surface area contributed by atoms with Gasteiger partial charge in [0.05, 0.1) is 6.04 Å². The molecular weight excluding hydrogens is 294 g/mol. The third kappa shape index (κ3) is 3.91. The van der Waals surface area contributed by atoms with E-state index in [2.05, 4.69) is 46.6 Å². The monoisotopic (exact) mass is 311 g/mol. The Kier molecular flexibility index (Phi) is 5.34. The number of methoxy groups -OCH3 is 1. The summed E-state index contributed by atoms with van der Waals surface area (Å²) in [6.07, 6.45) is 0. The second-order valence-corrected chi connectivity index (χ2v) is 6.17. The molecule has 2 aromatic rings. The molecule has 20 heavy (non-hydrogen) atoms. The SMILES string of the molecule is COCc1nc(Cl)cc(NC(c2cccs2)C(C)C)n1. The highest BCUT2D eigenvalue weighted by molar-refractivity contribution is 7.10. The molecule has 4 nitrogen and oxygen atoms in total. The Hall–Kier alpha value is -1.17. The van der Waals surface area contributed by atoms with Crippen LogP contribution in [0.1, 0.15) is 30.6 Å². The van der Waals surface area contributed by atoms with E-state index in [0.29, 0.717) is 23.5 Å². The van der Waals surface area contributed by atoms with Gasteiger partial charge in [-0.15, -0.1) is 11.3 Å². The summed E-state index contributed by atoms with van der Waals surface area (Å²) in [5, 5.41) is 5.94. The lowest BCUT2D eigenvalue weighted by Gasteiger charge is -2.22. The summed E-state index contributed by atoms with van der Waals surface area (Å²) in [6, 6.07) is 6.13. The Labute approximate surface area is 128 Å². The van der Waals surface area contributed by atoms with Crippen LogP contribution in [-0.4, -0.2) is 17.1 Å². The summed E-state index contributed by atoms with van der Waals surface area (Å²) >= 11 is 7.76. The van der Waals surface area contributed by atoms with Gasteiger partial charge in [0.15, 0.2) is 5.82 Å². The van der Waals surface area contributed by atoms with Crippen molar-refractivity contribution in [2.75, 3.05) is 12.4 Å². The molecule has 1 N–H and O–H groups in total. The third-order valence-corrected chi connectivity index (χ3v) is 3.98. The molecule has 0 aromatic carbocycles. The molecule has 0 radical (unpaired) electrons. The minimum absolute atomic E-state index is 0.205. The molecule has 1 atom stereocenters. The topological polar surface area (TPSA) is 47.0 Å². The van der Waals surface area contributed by atoms with Crippen LogP contribution in [0.5, 0.6) is 0 Å². The van der Waals surface area contributed by atoms with Crippen molar-refractivity contribution in [3.8, 4) is 0 Å². The number of nitrogens with zero attached hydrogens (tertiary/aromatic N) is 2. The number of nitrogens with one attached hydrogen (secondary N) is 1. The lowest BCUT2D eigenvalue weighted by atomic mass is 10.0. The summed E-state index contributed by atoms with van der Waals surface area (Å²) in [6.45, 7) is 4.70. The Morgan fingerprint density at radius 2 is 2.20 bits per heavy atom. The van der Waals surface area contributed by atoms with E-state index in [9.17, 15) is 0 Å². The van der Waals surface area contributed by atoms with E-state index < -0.39 is 0 Å². The molecule has 2 rings (SSSR count). The van der Waals surface area contributed by atoms with Crippen molar-refractivity contribution in [1.82, 2.24) is 9.97 Å². The quantitative estimate of drug-likeness (QED) is 0.814. The summed E-state index contributed by atoms with van der Waals surface area (Å²) in [5.74, 6) is 1.74. The molecule has 1 unspecified atom stereocenters. The van der Waals surface area contributed by atoms with Crippen LogP contribution < -0.4 is 5.32 Å². The van der Waals surface area contributed by atoms with Crippen LogP contribution in [0.25, 0.3) is 0 Å². The van der Waals surface area contributed by atoms with Crippen molar-refractivity contribution in [2.45, 2.75) is 26.5 Å². The lowest BCUT2D eigenvalue weighted by Crippen LogP contribution is -2.17. The smallest absolute Gasteiger partial charge is 0.158 e. The zero-order chi connectivity index (χ0) is 14.5. The normalized spacial score (nSPS) is 12.7. The fourth-order valence-corrected chi connectivity index (χ4v) is 3.08. The predicted octanol–water partition coefficient (Wildman–Crippen LogP) is 4.15. The second kappa shape index (κ2) is 7.02. The van der Waals surface area contributed by atoms with E-state index >= 15 is 0 Å². The predicted molar refractivity (Wildman–Crippen MR) is 83.3 cm³/mol. The molecule has 0 aliphatic heterocycles. The fraction of sp³-hybridized carbons (Fsp3) is 0.429. The minimum atomic E-state index is 0.205. The Morgan fingerprint density at radius 1 is 1.40 bits per heavy atom. The Balaban J connectivity index is 2.22. The maximum atomic E-state index is 6.03. The average molecular weight is 312 g/mol. The molecule has 0 aliphatic rings. The second-order valence-electron chi connectivity index (χ2n) is 4.81. The van der Waals surface area contributed by atoms with Crippen LogP contribution >= 0.6 is 22.9 Å². The van der Waals surface area contributed by atoms with Crippen molar-refractivity contribution >= 4 is 28.8 Å². The zero-order valence-electron chi connectivity index (χ0n) is 11.8. The van der Waals surface area contributed by atoms with E-state index in [4.69, 9.17) is 16.3 Å². The van der Waals surface area contributed by atoms with Gasteiger partial charge < -0.3 is 10.1 Å². The molecule has 0 aliphatic carbocycles. The molecule has 6 heteroatoms. The molecule has 0 saturated heterocycles. The first-order chi connectivity index (χ1) is 9.60. The van der Waals surface area contributed by atoms with Gasteiger partial charge in [-0.25, -0.2) is 9.97 Å². The molecule has 2 heterocycles. The van der Waals surface area contributed by atoms with E-state index in [1.54, 1.807) is 24.5 Å². The fourth-order valence-electron chi connectivity index (χ4n) is 1.93. The Morgan fingerprint density at radius 3 is 2.80 bits per heavy atom. The molecule has 0 fully saturated rings. The summed E-state index contributed by atoms with van der Waals surface area (Å²) < 4.78 is 5.05. The molecule has 0 bridgehead atoms. The number of hydrogen-bond acceptors (Lipinski definition) is 5. The van der Waals surface area contributed by atoms with Gasteiger partial charge in [-0.2, -0.15) is 0 Å². The zero-order valence-corrected chi connectivity index (χ0v) is 13.3. The van der Waals surface area contributed by atoms with Gasteiger partial charge in [-0.1, -0.05) is 31.5 Å². The number of halogens is 1. The standard InChI is InChI=1S/C14H18ClN3OS/c1-9(2)14(10-5-4-6-20-10)18-12-7-11(15)16-13(17-12)8-19-3/h4-7,9,14H,8H2,1-3H3,(H,16,17,18). The number of hydrogen-bond donors (Lipinski definition) is 1. The van der Waals surface area contributed by atoms with Crippen molar-refractivity contribution in [3.05, 3.63) is 39.4 Å². The van der Waals surface area contributed by atoms with E-state index in [1.165, 1.54) is 4.88 Å². The van der Waals surface area contributed by atoms with Crippen LogP contribution in [0.4, 0.5) is 5.82 Å². The van der Waals surface area contributed by atoms with Crippen molar-refractivity contribution in [3.63, 3.8) is 0 Å². The summed E-state index contributed by atoms with van der Waals surface area (Å²) in [5.41, 5.74) is 0. The maximum absolute atomic E-state index is 6.03. The Bertz CT molecular complexity index is 545. The van der Waals surface area contributed by atoms with Crippen molar-refractivity contribution in [1.29, 1.82) is 0 Å². The summed E-state index contributed by atoms with van der Waals surface area (Å²) in [4.78, 5) is 9.84. The van der Waals surface area contributed by atoms with Gasteiger partial charge in [0, 0.05) is 18.1 Å². The van der Waals surface area contributed by atoms with E-state index in [-0.39, 0.29) is 6.04 Å². The molecular formula is C14H18ClN3OS. The van der Waals surface area contributed by atoms with Crippen molar-refractivity contribution in [2.24, 2.45) is 5.92 Å². The lowest BCUT2D eigenvalue weighted by molar-refractivity contribution is 0.178. The van der Waals surface area contributed by atoms with Crippen LogP contribution in [0.2, 0.25) is 5.15 Å². The van der Waals surface area contributed by atoms with Crippen LogP contribution in [-0.2, 0) is 11.3 Å². The minimum Gasteiger partial charge on any atom is -0.377 e. The van der Waals surface area contributed by atoms with Gasteiger partial charge >= 0.3 is 0 Å². The molecule has 2 aromatic heterocycles. The number of aromatic nitrogens is 2. The number of rotatable bonds is 6. The highest BCUT2D eigenvalue weighted by Crippen LogP contribution is 2.29. The highest BCUT2D eigenvalue weighted by atomic mass is 35.5. The molecule has 0 saturated carbocycles. The largest absolute Gasteiger partial charge is 0.377 e. The van der Waals surface area contributed by atoms with Crippen molar-refractivity contribution < 1.29 is 4.74 Å². The number of thiophene rings is 1. The van der Waals surface area contributed by atoms with Crippen LogP contribution in [0.3, 0.4) is 0 Å². The third-order valence-electron chi connectivity index (χ3n) is 2.83. The molecule has 108 valence electrons. The first-order valence-electron chi connectivity index (χ1n) is 6.42. The first kappa shape index (κ1) is 15.2. The van der Waals surface area contributed by atoms with Crippen LogP contribution in [0, 0.1) is 5.92 Å². The summed E-state index contributed by atoms with van der Waals surface area (Å²) in [7, 11) is 1.61. The molecule has 0 amide bonds. The highest BCUT2D eigenvalue weighted by Gasteiger charge is 2.17.